The molecule has 0 aliphatic rings. The van der Waals surface area contributed by atoms with Gasteiger partial charge in [-0.05, 0) is 43.2 Å². The van der Waals surface area contributed by atoms with Gasteiger partial charge < -0.3 is 10.5 Å². The van der Waals surface area contributed by atoms with Crippen LogP contribution in [-0.2, 0) is 6.42 Å². The zero-order valence-corrected chi connectivity index (χ0v) is 12.9. The van der Waals surface area contributed by atoms with Gasteiger partial charge in [0, 0.05) is 22.8 Å². The molecule has 2 nitrogen and oxygen atoms in total. The highest BCUT2D eigenvalue weighted by molar-refractivity contribution is 7.99. The van der Waals surface area contributed by atoms with E-state index in [0.29, 0.717) is 18.8 Å². The topological polar surface area (TPSA) is 35.2 Å². The van der Waals surface area contributed by atoms with E-state index < -0.39 is 0 Å². The fourth-order valence-electron chi connectivity index (χ4n) is 2.03. The maximum Gasteiger partial charge on any atom is 0.127 e. The lowest BCUT2D eigenvalue weighted by Gasteiger charge is -2.10. The van der Waals surface area contributed by atoms with E-state index in [0.717, 1.165) is 11.3 Å². The normalized spacial score (nSPS) is 12.1. The van der Waals surface area contributed by atoms with Gasteiger partial charge >= 0.3 is 0 Å². The van der Waals surface area contributed by atoms with Gasteiger partial charge in [0.2, 0.25) is 0 Å². The zero-order valence-electron chi connectivity index (χ0n) is 12.1. The summed E-state index contributed by atoms with van der Waals surface area (Å²) < 4.78 is 19.2. The van der Waals surface area contributed by atoms with E-state index in [1.807, 2.05) is 31.2 Å². The maximum absolute atomic E-state index is 13.5. The molecule has 21 heavy (non-hydrogen) atoms. The summed E-state index contributed by atoms with van der Waals surface area (Å²) in [7, 11) is 0. The highest BCUT2D eigenvalue weighted by atomic mass is 32.2. The highest BCUT2D eigenvalue weighted by Gasteiger charge is 2.04. The smallest absolute Gasteiger partial charge is 0.127 e. The Labute approximate surface area is 129 Å². The van der Waals surface area contributed by atoms with Gasteiger partial charge in [-0.25, -0.2) is 4.39 Å². The molecule has 2 aromatic carbocycles. The first-order valence-corrected chi connectivity index (χ1v) is 7.98. The quantitative estimate of drug-likeness (QED) is 0.622. The molecule has 2 N–H and O–H groups in total. The summed E-state index contributed by atoms with van der Waals surface area (Å²) in [4.78, 5) is 1.21. The first kappa shape index (κ1) is 15.9. The van der Waals surface area contributed by atoms with Crippen molar-refractivity contribution in [1.82, 2.24) is 0 Å². The Balaban J connectivity index is 1.84. The van der Waals surface area contributed by atoms with Crippen molar-refractivity contribution in [3.05, 3.63) is 59.9 Å². The third kappa shape index (κ3) is 5.78. The van der Waals surface area contributed by atoms with Crippen molar-refractivity contribution >= 4 is 11.8 Å². The van der Waals surface area contributed by atoms with Crippen LogP contribution in [0.4, 0.5) is 4.39 Å². The summed E-state index contributed by atoms with van der Waals surface area (Å²) in [6.45, 7) is 2.45. The number of hydrogen-bond acceptors (Lipinski definition) is 3. The number of nitrogens with two attached hydrogens (primary N) is 1. The molecular weight excluding hydrogens is 285 g/mol. The Bertz CT molecular complexity index is 560. The molecule has 1 unspecified atom stereocenters. The molecule has 0 aliphatic heterocycles. The first-order valence-electron chi connectivity index (χ1n) is 6.99. The minimum absolute atomic E-state index is 0.00767. The predicted octanol–water partition coefficient (Wildman–Crippen LogP) is 3.89. The van der Waals surface area contributed by atoms with Crippen molar-refractivity contribution in [2.75, 3.05) is 12.4 Å². The Morgan fingerprint density at radius 1 is 1.19 bits per heavy atom. The Hall–Kier alpha value is -1.52. The van der Waals surface area contributed by atoms with Crippen molar-refractivity contribution < 1.29 is 9.13 Å². The molecule has 0 heterocycles. The van der Waals surface area contributed by atoms with Gasteiger partial charge in [0.25, 0.3) is 0 Å². The summed E-state index contributed by atoms with van der Waals surface area (Å²) in [5.74, 6) is 1.11. The number of hydrogen-bond donors (Lipinski definition) is 1. The lowest BCUT2D eigenvalue weighted by atomic mass is 10.1. The minimum Gasteiger partial charge on any atom is -0.493 e. The second-order valence-corrected chi connectivity index (χ2v) is 6.15. The SMILES string of the molecule is CC(N)Cc1cc(F)cc(OCCSc2ccccc2)c1. The fraction of sp³-hybridized carbons (Fsp3) is 0.294. The van der Waals surface area contributed by atoms with Gasteiger partial charge in [-0.2, -0.15) is 0 Å². The molecule has 4 heteroatoms. The molecule has 2 rings (SSSR count). The average Bonchev–Trinajstić information content (AvgIpc) is 2.43. The van der Waals surface area contributed by atoms with E-state index in [4.69, 9.17) is 10.5 Å². The van der Waals surface area contributed by atoms with Crippen molar-refractivity contribution in [3.63, 3.8) is 0 Å². The van der Waals surface area contributed by atoms with E-state index in [-0.39, 0.29) is 11.9 Å². The first-order chi connectivity index (χ1) is 10.1. The monoisotopic (exact) mass is 305 g/mol. The molecule has 0 fully saturated rings. The molecule has 1 atom stereocenters. The van der Waals surface area contributed by atoms with E-state index in [1.54, 1.807) is 11.8 Å². The molecular formula is C17H20FNOS. The molecule has 0 amide bonds. The second-order valence-electron chi connectivity index (χ2n) is 4.99. The van der Waals surface area contributed by atoms with Crippen molar-refractivity contribution in [2.45, 2.75) is 24.3 Å². The lowest BCUT2D eigenvalue weighted by Crippen LogP contribution is -2.17. The van der Waals surface area contributed by atoms with Crippen LogP contribution in [0.2, 0.25) is 0 Å². The third-order valence-electron chi connectivity index (χ3n) is 2.85. The van der Waals surface area contributed by atoms with Crippen molar-refractivity contribution in [2.24, 2.45) is 5.73 Å². The van der Waals surface area contributed by atoms with Crippen LogP contribution in [-0.4, -0.2) is 18.4 Å². The number of benzene rings is 2. The van der Waals surface area contributed by atoms with Crippen molar-refractivity contribution in [3.8, 4) is 5.75 Å². The highest BCUT2D eigenvalue weighted by Crippen LogP contribution is 2.20. The van der Waals surface area contributed by atoms with Crippen LogP contribution in [0.3, 0.4) is 0 Å². The Morgan fingerprint density at radius 2 is 1.95 bits per heavy atom. The second kappa shape index (κ2) is 8.05. The zero-order chi connectivity index (χ0) is 15.1. The largest absolute Gasteiger partial charge is 0.493 e. The van der Waals surface area contributed by atoms with Crippen LogP contribution in [0.15, 0.2) is 53.4 Å². The van der Waals surface area contributed by atoms with Gasteiger partial charge in [0.1, 0.15) is 11.6 Å². The Morgan fingerprint density at radius 3 is 2.67 bits per heavy atom. The average molecular weight is 305 g/mol. The summed E-state index contributed by atoms with van der Waals surface area (Å²) >= 11 is 1.72. The van der Waals surface area contributed by atoms with Crippen LogP contribution in [0.5, 0.6) is 5.75 Å². The molecule has 0 radical (unpaired) electrons. The molecule has 0 spiro atoms. The molecule has 0 saturated heterocycles. The lowest BCUT2D eigenvalue weighted by molar-refractivity contribution is 0.341. The summed E-state index contributed by atoms with van der Waals surface area (Å²) in [6.07, 6.45) is 0.646. The van der Waals surface area contributed by atoms with Crippen LogP contribution >= 0.6 is 11.8 Å². The van der Waals surface area contributed by atoms with Gasteiger partial charge in [-0.1, -0.05) is 18.2 Å². The van der Waals surface area contributed by atoms with Gasteiger partial charge in [-0.15, -0.1) is 11.8 Å². The van der Waals surface area contributed by atoms with Crippen LogP contribution in [0.1, 0.15) is 12.5 Å². The molecule has 112 valence electrons. The minimum atomic E-state index is -0.279. The van der Waals surface area contributed by atoms with E-state index in [1.165, 1.54) is 17.0 Å². The fourth-order valence-corrected chi connectivity index (χ4v) is 2.78. The standard InChI is InChI=1S/C17H20FNOS/c1-13(19)9-14-10-15(18)12-16(11-14)20-7-8-21-17-5-3-2-4-6-17/h2-6,10-13H,7-9,19H2,1H3. The Kier molecular flexibility index (Phi) is 6.08. The van der Waals surface area contributed by atoms with Crippen LogP contribution in [0, 0.1) is 5.82 Å². The molecule has 0 aliphatic carbocycles. The van der Waals surface area contributed by atoms with Gasteiger partial charge in [0.05, 0.1) is 6.61 Å². The summed E-state index contributed by atoms with van der Waals surface area (Å²) in [5.41, 5.74) is 6.62. The van der Waals surface area contributed by atoms with Crippen LogP contribution < -0.4 is 10.5 Å². The maximum atomic E-state index is 13.5. The molecule has 2 aromatic rings. The van der Waals surface area contributed by atoms with E-state index in [9.17, 15) is 4.39 Å². The number of ether oxygens (including phenoxy) is 1. The van der Waals surface area contributed by atoms with E-state index >= 15 is 0 Å². The van der Waals surface area contributed by atoms with Crippen LogP contribution in [0.25, 0.3) is 0 Å². The van der Waals surface area contributed by atoms with Crippen molar-refractivity contribution in [1.29, 1.82) is 0 Å². The van der Waals surface area contributed by atoms with Gasteiger partial charge in [-0.3, -0.25) is 0 Å². The number of thioether (sulfide) groups is 1. The number of rotatable bonds is 7. The summed E-state index contributed by atoms with van der Waals surface area (Å²) in [5, 5.41) is 0. The molecule has 0 saturated carbocycles. The number of halogens is 1. The third-order valence-corrected chi connectivity index (χ3v) is 3.83. The van der Waals surface area contributed by atoms with E-state index in [2.05, 4.69) is 12.1 Å². The molecule has 0 aromatic heterocycles. The van der Waals surface area contributed by atoms with Gasteiger partial charge in [0.15, 0.2) is 0 Å². The summed E-state index contributed by atoms with van der Waals surface area (Å²) in [6, 6.07) is 14.9. The predicted molar refractivity (Wildman–Crippen MR) is 86.4 cm³/mol. The molecule has 0 bridgehead atoms.